The van der Waals surface area contributed by atoms with E-state index >= 15 is 0 Å². The lowest BCUT2D eigenvalue weighted by Gasteiger charge is -2.24. The van der Waals surface area contributed by atoms with Crippen LogP contribution in [0.1, 0.15) is 113 Å². The molecule has 1 aromatic rings. The van der Waals surface area contributed by atoms with Gasteiger partial charge in [0, 0.05) is 13.1 Å². The predicted molar refractivity (Wildman–Crippen MR) is 125 cm³/mol. The Hall–Kier alpha value is -1.84. The van der Waals surface area contributed by atoms with Crippen molar-refractivity contribution in [2.24, 2.45) is 5.92 Å². The van der Waals surface area contributed by atoms with Gasteiger partial charge in [-0.1, -0.05) is 91.2 Å². The molecule has 0 saturated heterocycles. The molecule has 0 spiro atoms. The smallest absolute Gasteiger partial charge is 0.338 e. The van der Waals surface area contributed by atoms with E-state index in [1.54, 1.807) is 18.2 Å². The normalized spacial score (nSPS) is 11.0. The Morgan fingerprint density at radius 3 is 1.80 bits per heavy atom. The van der Waals surface area contributed by atoms with Crippen LogP contribution >= 0.6 is 0 Å². The Bertz CT molecular complexity index is 598. The summed E-state index contributed by atoms with van der Waals surface area (Å²) in [5.74, 6) is -0.184. The van der Waals surface area contributed by atoms with Gasteiger partial charge in [0.2, 0.25) is 0 Å². The Balaban J connectivity index is 2.83. The van der Waals surface area contributed by atoms with Crippen LogP contribution in [0, 0.1) is 5.92 Å². The second kappa shape index (κ2) is 15.9. The van der Waals surface area contributed by atoms with Gasteiger partial charge in [0.25, 0.3) is 5.91 Å². The van der Waals surface area contributed by atoms with E-state index in [1.165, 1.54) is 38.5 Å². The van der Waals surface area contributed by atoms with Crippen LogP contribution in [-0.4, -0.2) is 36.5 Å². The molecule has 0 unspecified atom stereocenters. The van der Waals surface area contributed by atoms with Crippen molar-refractivity contribution in [3.8, 4) is 0 Å². The second-order valence-electron chi connectivity index (χ2n) is 8.66. The standard InChI is InChI=1S/C26H43NO3/c1-5-7-9-11-15-19-27(20-16-12-10-8-6-2)25(28)23-17-13-14-18-24(23)26(29)30-21-22(3)4/h13-14,17-18,22H,5-12,15-16,19-21H2,1-4H3. The second-order valence-corrected chi connectivity index (χ2v) is 8.66. The van der Waals surface area contributed by atoms with Crippen molar-refractivity contribution in [2.45, 2.75) is 91.9 Å². The molecule has 0 N–H and O–H groups in total. The number of ether oxygens (including phenoxy) is 1. The number of carbonyl (C=O) groups is 2. The van der Waals surface area contributed by atoms with Crippen molar-refractivity contribution in [3.63, 3.8) is 0 Å². The number of nitrogens with zero attached hydrogens (tertiary/aromatic N) is 1. The van der Waals surface area contributed by atoms with Gasteiger partial charge >= 0.3 is 5.97 Å². The molecule has 4 heteroatoms. The zero-order chi connectivity index (χ0) is 22.2. The summed E-state index contributed by atoms with van der Waals surface area (Å²) in [5, 5.41) is 0. The van der Waals surface area contributed by atoms with E-state index < -0.39 is 5.97 Å². The summed E-state index contributed by atoms with van der Waals surface area (Å²) >= 11 is 0. The molecule has 1 amide bonds. The van der Waals surface area contributed by atoms with Crippen molar-refractivity contribution in [1.29, 1.82) is 0 Å². The molecule has 4 nitrogen and oxygen atoms in total. The number of carbonyl (C=O) groups excluding carboxylic acids is 2. The fraction of sp³-hybridized carbons (Fsp3) is 0.692. The maximum Gasteiger partial charge on any atom is 0.338 e. The van der Waals surface area contributed by atoms with Crippen LogP contribution in [0.2, 0.25) is 0 Å². The molecule has 0 aliphatic heterocycles. The molecule has 0 aromatic heterocycles. The van der Waals surface area contributed by atoms with Crippen LogP contribution in [0.15, 0.2) is 24.3 Å². The average molecular weight is 418 g/mol. The fourth-order valence-electron chi connectivity index (χ4n) is 3.47. The van der Waals surface area contributed by atoms with Gasteiger partial charge in [0.05, 0.1) is 17.7 Å². The van der Waals surface area contributed by atoms with Gasteiger partial charge in [-0.15, -0.1) is 0 Å². The lowest BCUT2D eigenvalue weighted by atomic mass is 10.0. The third-order valence-electron chi connectivity index (χ3n) is 5.28. The van der Waals surface area contributed by atoms with Crippen LogP contribution in [0.5, 0.6) is 0 Å². The molecule has 0 saturated carbocycles. The van der Waals surface area contributed by atoms with E-state index in [4.69, 9.17) is 4.74 Å². The first-order valence-electron chi connectivity index (χ1n) is 12.1. The summed E-state index contributed by atoms with van der Waals surface area (Å²) in [6.45, 7) is 10.3. The van der Waals surface area contributed by atoms with Crippen LogP contribution in [-0.2, 0) is 4.74 Å². The molecule has 30 heavy (non-hydrogen) atoms. The molecular weight excluding hydrogens is 374 g/mol. The summed E-state index contributed by atoms with van der Waals surface area (Å²) in [6, 6.07) is 7.09. The molecule has 0 radical (unpaired) electrons. The molecule has 0 fully saturated rings. The van der Waals surface area contributed by atoms with Crippen molar-refractivity contribution >= 4 is 11.9 Å². The highest BCUT2D eigenvalue weighted by atomic mass is 16.5. The molecular formula is C26H43NO3. The number of esters is 1. The fourth-order valence-corrected chi connectivity index (χ4v) is 3.47. The van der Waals surface area contributed by atoms with Crippen molar-refractivity contribution in [2.75, 3.05) is 19.7 Å². The largest absolute Gasteiger partial charge is 0.462 e. The van der Waals surface area contributed by atoms with Crippen molar-refractivity contribution < 1.29 is 14.3 Å². The van der Waals surface area contributed by atoms with Crippen LogP contribution in [0.3, 0.4) is 0 Å². The summed E-state index contributed by atoms with van der Waals surface area (Å²) in [7, 11) is 0. The minimum absolute atomic E-state index is 0.0434. The first-order chi connectivity index (χ1) is 14.5. The van der Waals surface area contributed by atoms with E-state index in [2.05, 4.69) is 13.8 Å². The number of hydrogen-bond acceptors (Lipinski definition) is 3. The molecule has 0 aliphatic carbocycles. The highest BCUT2D eigenvalue weighted by molar-refractivity contribution is 6.05. The van der Waals surface area contributed by atoms with Crippen LogP contribution < -0.4 is 0 Å². The van der Waals surface area contributed by atoms with Gasteiger partial charge in [0.15, 0.2) is 0 Å². The zero-order valence-electron chi connectivity index (χ0n) is 19.8. The molecule has 0 heterocycles. The summed E-state index contributed by atoms with van der Waals surface area (Å²) in [5.41, 5.74) is 0.846. The number of rotatable bonds is 16. The van der Waals surface area contributed by atoms with E-state index in [0.29, 0.717) is 17.7 Å². The third-order valence-corrected chi connectivity index (χ3v) is 5.28. The zero-order valence-corrected chi connectivity index (χ0v) is 19.8. The van der Waals surface area contributed by atoms with E-state index in [0.717, 1.165) is 38.8 Å². The van der Waals surface area contributed by atoms with Gasteiger partial charge < -0.3 is 9.64 Å². The van der Waals surface area contributed by atoms with E-state index in [9.17, 15) is 9.59 Å². The maximum atomic E-state index is 13.4. The van der Waals surface area contributed by atoms with Crippen molar-refractivity contribution in [3.05, 3.63) is 35.4 Å². The highest BCUT2D eigenvalue weighted by Crippen LogP contribution is 2.16. The minimum Gasteiger partial charge on any atom is -0.462 e. The van der Waals surface area contributed by atoms with Crippen molar-refractivity contribution in [1.82, 2.24) is 4.90 Å². The van der Waals surface area contributed by atoms with E-state index in [-0.39, 0.29) is 11.8 Å². The number of benzene rings is 1. The van der Waals surface area contributed by atoms with Gasteiger partial charge in [-0.3, -0.25) is 4.79 Å². The topological polar surface area (TPSA) is 46.6 Å². The predicted octanol–water partition coefficient (Wildman–Crippen LogP) is 6.88. The summed E-state index contributed by atoms with van der Waals surface area (Å²) in [4.78, 5) is 27.9. The van der Waals surface area contributed by atoms with Gasteiger partial charge in [-0.05, 0) is 30.9 Å². The molecule has 1 rings (SSSR count). The number of unbranched alkanes of at least 4 members (excludes halogenated alkanes) is 8. The SMILES string of the molecule is CCCCCCCN(CCCCCCC)C(=O)c1ccccc1C(=O)OCC(C)C. The van der Waals surface area contributed by atoms with Crippen LogP contribution in [0.4, 0.5) is 0 Å². The Labute approximate surface area is 184 Å². The van der Waals surface area contributed by atoms with Gasteiger partial charge in [-0.2, -0.15) is 0 Å². The van der Waals surface area contributed by atoms with Gasteiger partial charge in [0.1, 0.15) is 0 Å². The molecule has 0 aliphatic rings. The number of amides is 1. The molecule has 0 bridgehead atoms. The minimum atomic E-state index is -0.404. The average Bonchev–Trinajstić information content (AvgIpc) is 2.75. The lowest BCUT2D eigenvalue weighted by Crippen LogP contribution is -2.34. The van der Waals surface area contributed by atoms with Crippen LogP contribution in [0.25, 0.3) is 0 Å². The first kappa shape index (κ1) is 26.2. The molecule has 0 atom stereocenters. The number of hydrogen-bond donors (Lipinski definition) is 0. The highest BCUT2D eigenvalue weighted by Gasteiger charge is 2.22. The Morgan fingerprint density at radius 2 is 1.30 bits per heavy atom. The quantitative estimate of drug-likeness (QED) is 0.217. The first-order valence-corrected chi connectivity index (χ1v) is 12.1. The van der Waals surface area contributed by atoms with Gasteiger partial charge in [-0.25, -0.2) is 4.79 Å². The Kier molecular flexibility index (Phi) is 13.9. The summed E-state index contributed by atoms with van der Waals surface area (Å²) in [6.07, 6.45) is 11.7. The molecule has 170 valence electrons. The lowest BCUT2D eigenvalue weighted by molar-refractivity contribution is 0.0453. The molecule has 1 aromatic carbocycles. The monoisotopic (exact) mass is 417 g/mol. The maximum absolute atomic E-state index is 13.4. The van der Waals surface area contributed by atoms with E-state index in [1.807, 2.05) is 24.8 Å². The third kappa shape index (κ3) is 10.3. The summed E-state index contributed by atoms with van der Waals surface area (Å²) < 4.78 is 5.40. The Morgan fingerprint density at radius 1 is 0.800 bits per heavy atom.